The second kappa shape index (κ2) is 4.90. The third kappa shape index (κ3) is 2.67. The van der Waals surface area contributed by atoms with Crippen LogP contribution in [0, 0.1) is 5.82 Å². The molecule has 0 heterocycles. The van der Waals surface area contributed by atoms with E-state index < -0.39 is 0 Å². The highest BCUT2D eigenvalue weighted by atomic mass is 35.5. The zero-order chi connectivity index (χ0) is 11.4. The lowest BCUT2D eigenvalue weighted by Gasteiger charge is -1.96. The van der Waals surface area contributed by atoms with Crippen LogP contribution < -0.4 is 0 Å². The first-order chi connectivity index (χ1) is 7.75. The molecule has 2 rings (SSSR count). The van der Waals surface area contributed by atoms with Crippen molar-refractivity contribution in [2.45, 2.75) is 0 Å². The summed E-state index contributed by atoms with van der Waals surface area (Å²) in [6.45, 7) is 0. The molecule has 0 N–H and O–H groups in total. The average molecular weight is 234 g/mol. The molecule has 0 unspecified atom stereocenters. The molecule has 0 spiro atoms. The van der Waals surface area contributed by atoms with Crippen LogP contribution in [-0.4, -0.2) is 6.21 Å². The summed E-state index contributed by atoms with van der Waals surface area (Å²) >= 11 is 5.74. The summed E-state index contributed by atoms with van der Waals surface area (Å²) in [7, 11) is 0. The number of rotatable bonds is 2. The van der Waals surface area contributed by atoms with E-state index in [1.807, 2.05) is 0 Å². The Morgan fingerprint density at radius 1 is 1.00 bits per heavy atom. The third-order valence-corrected chi connectivity index (χ3v) is 2.34. The first kappa shape index (κ1) is 10.8. The van der Waals surface area contributed by atoms with Crippen molar-refractivity contribution in [1.29, 1.82) is 0 Å². The molecule has 0 saturated carbocycles. The van der Waals surface area contributed by atoms with Gasteiger partial charge in [-0.05, 0) is 30.3 Å². The summed E-state index contributed by atoms with van der Waals surface area (Å²) in [5, 5.41) is 0.657. The van der Waals surface area contributed by atoms with Crippen LogP contribution in [0.2, 0.25) is 5.02 Å². The molecule has 0 aliphatic rings. The second-order valence-corrected chi connectivity index (χ2v) is 3.69. The highest BCUT2D eigenvalue weighted by molar-refractivity contribution is 6.30. The maximum absolute atomic E-state index is 13.2. The van der Waals surface area contributed by atoms with E-state index in [-0.39, 0.29) is 5.82 Å². The van der Waals surface area contributed by atoms with Crippen LogP contribution in [0.4, 0.5) is 10.1 Å². The Bertz CT molecular complexity index is 506. The molecule has 1 nitrogen and oxygen atoms in total. The summed E-state index contributed by atoms with van der Waals surface area (Å²) in [6.07, 6.45) is 1.50. The largest absolute Gasteiger partial charge is 0.256 e. The molecule has 2 aromatic carbocycles. The standard InChI is InChI=1S/C13H9ClFN/c14-11-5-7-12(8-6-11)16-9-10-3-1-2-4-13(10)15/h1-9H. The van der Waals surface area contributed by atoms with E-state index in [9.17, 15) is 4.39 Å². The molecule has 2 aromatic rings. The fourth-order valence-electron chi connectivity index (χ4n) is 1.25. The van der Waals surface area contributed by atoms with Crippen molar-refractivity contribution < 1.29 is 4.39 Å². The smallest absolute Gasteiger partial charge is 0.131 e. The number of hydrogen-bond acceptors (Lipinski definition) is 1. The van der Waals surface area contributed by atoms with Crippen LogP contribution in [0.5, 0.6) is 0 Å². The summed E-state index contributed by atoms with van der Waals surface area (Å²) < 4.78 is 13.2. The Labute approximate surface area is 98.2 Å². The van der Waals surface area contributed by atoms with E-state index >= 15 is 0 Å². The van der Waals surface area contributed by atoms with Gasteiger partial charge in [0.05, 0.1) is 5.69 Å². The van der Waals surface area contributed by atoms with Crippen LogP contribution in [-0.2, 0) is 0 Å². The van der Waals surface area contributed by atoms with Crippen molar-refractivity contribution in [2.75, 3.05) is 0 Å². The van der Waals surface area contributed by atoms with Gasteiger partial charge < -0.3 is 0 Å². The topological polar surface area (TPSA) is 12.4 Å². The molecule has 0 saturated heterocycles. The molecule has 80 valence electrons. The summed E-state index contributed by atoms with van der Waals surface area (Å²) in [5.74, 6) is -0.278. The van der Waals surface area contributed by atoms with Gasteiger partial charge in [-0.2, -0.15) is 0 Å². The molecule has 0 aliphatic heterocycles. The van der Waals surface area contributed by atoms with Crippen LogP contribution in [0.3, 0.4) is 0 Å². The lowest BCUT2D eigenvalue weighted by Crippen LogP contribution is -1.85. The van der Waals surface area contributed by atoms with Gasteiger partial charge in [0.25, 0.3) is 0 Å². The maximum atomic E-state index is 13.2. The molecule has 0 radical (unpaired) electrons. The summed E-state index contributed by atoms with van der Waals surface area (Å²) in [4.78, 5) is 4.15. The Morgan fingerprint density at radius 3 is 2.38 bits per heavy atom. The van der Waals surface area contributed by atoms with Crippen molar-refractivity contribution in [3.63, 3.8) is 0 Å². The van der Waals surface area contributed by atoms with Gasteiger partial charge >= 0.3 is 0 Å². The fraction of sp³-hybridized carbons (Fsp3) is 0. The van der Waals surface area contributed by atoms with E-state index in [1.54, 1.807) is 42.5 Å². The van der Waals surface area contributed by atoms with Crippen LogP contribution in [0.1, 0.15) is 5.56 Å². The number of nitrogens with zero attached hydrogens (tertiary/aromatic N) is 1. The third-order valence-electron chi connectivity index (χ3n) is 2.08. The second-order valence-electron chi connectivity index (χ2n) is 3.26. The SMILES string of the molecule is Fc1ccccc1C=Nc1ccc(Cl)cc1. The minimum Gasteiger partial charge on any atom is -0.256 e. The van der Waals surface area contributed by atoms with Crippen molar-refractivity contribution in [1.82, 2.24) is 0 Å². The van der Waals surface area contributed by atoms with Gasteiger partial charge in [0.1, 0.15) is 5.82 Å². The van der Waals surface area contributed by atoms with Crippen molar-refractivity contribution >= 4 is 23.5 Å². The minimum absolute atomic E-state index is 0.278. The zero-order valence-corrected chi connectivity index (χ0v) is 9.16. The lowest BCUT2D eigenvalue weighted by atomic mass is 10.2. The zero-order valence-electron chi connectivity index (χ0n) is 8.40. The maximum Gasteiger partial charge on any atom is 0.131 e. The normalized spacial score (nSPS) is 10.9. The van der Waals surface area contributed by atoms with E-state index in [4.69, 9.17) is 11.6 Å². The predicted molar refractivity (Wildman–Crippen MR) is 65.1 cm³/mol. The van der Waals surface area contributed by atoms with E-state index in [1.165, 1.54) is 12.3 Å². The number of hydrogen-bond donors (Lipinski definition) is 0. The van der Waals surface area contributed by atoms with Crippen molar-refractivity contribution in [3.05, 3.63) is 64.9 Å². The molecule has 0 amide bonds. The van der Waals surface area contributed by atoms with Gasteiger partial charge in [0.2, 0.25) is 0 Å². The first-order valence-electron chi connectivity index (χ1n) is 4.80. The average Bonchev–Trinajstić information content (AvgIpc) is 2.30. The van der Waals surface area contributed by atoms with Gasteiger partial charge in [-0.25, -0.2) is 4.39 Å². The summed E-state index contributed by atoms with van der Waals surface area (Å²) in [6, 6.07) is 13.5. The monoisotopic (exact) mass is 233 g/mol. The molecule has 0 aliphatic carbocycles. The lowest BCUT2D eigenvalue weighted by molar-refractivity contribution is 0.626. The van der Waals surface area contributed by atoms with Crippen molar-refractivity contribution in [3.8, 4) is 0 Å². The Hall–Kier alpha value is -1.67. The van der Waals surface area contributed by atoms with E-state index in [0.717, 1.165) is 5.69 Å². The molecular weight excluding hydrogens is 225 g/mol. The van der Waals surface area contributed by atoms with E-state index in [2.05, 4.69) is 4.99 Å². The highest BCUT2D eigenvalue weighted by Crippen LogP contribution is 2.16. The Kier molecular flexibility index (Phi) is 3.32. The molecule has 0 aromatic heterocycles. The van der Waals surface area contributed by atoms with Gasteiger partial charge in [-0.1, -0.05) is 29.8 Å². The molecule has 16 heavy (non-hydrogen) atoms. The van der Waals surface area contributed by atoms with Gasteiger partial charge in [0.15, 0.2) is 0 Å². The molecule has 0 atom stereocenters. The van der Waals surface area contributed by atoms with Crippen molar-refractivity contribution in [2.24, 2.45) is 4.99 Å². The highest BCUT2D eigenvalue weighted by Gasteiger charge is 1.96. The van der Waals surface area contributed by atoms with Gasteiger partial charge in [-0.15, -0.1) is 0 Å². The molecular formula is C13H9ClFN. The Balaban J connectivity index is 2.21. The molecule has 0 fully saturated rings. The first-order valence-corrected chi connectivity index (χ1v) is 5.18. The van der Waals surface area contributed by atoms with Crippen LogP contribution >= 0.6 is 11.6 Å². The summed E-state index contributed by atoms with van der Waals surface area (Å²) in [5.41, 5.74) is 1.21. The van der Waals surface area contributed by atoms with Crippen LogP contribution in [0.15, 0.2) is 53.5 Å². The van der Waals surface area contributed by atoms with Gasteiger partial charge in [0, 0.05) is 16.8 Å². The number of halogens is 2. The predicted octanol–water partition coefficient (Wildman–Crippen LogP) is 4.23. The Morgan fingerprint density at radius 2 is 1.69 bits per heavy atom. The van der Waals surface area contributed by atoms with Gasteiger partial charge in [-0.3, -0.25) is 4.99 Å². The minimum atomic E-state index is -0.278. The van der Waals surface area contributed by atoms with Crippen LogP contribution in [0.25, 0.3) is 0 Å². The fourth-order valence-corrected chi connectivity index (χ4v) is 1.38. The molecule has 3 heteroatoms. The number of benzene rings is 2. The molecule has 0 bridgehead atoms. The number of aliphatic imine (C=N–C) groups is 1. The van der Waals surface area contributed by atoms with E-state index in [0.29, 0.717) is 10.6 Å². The quantitative estimate of drug-likeness (QED) is 0.689.